The number of carbonyl (C=O) groups excluding carboxylic acids is 1. The summed E-state index contributed by atoms with van der Waals surface area (Å²) in [5.74, 6) is 2.01. The molecule has 0 spiro atoms. The van der Waals surface area contributed by atoms with Crippen molar-refractivity contribution in [3.05, 3.63) is 53.8 Å². The summed E-state index contributed by atoms with van der Waals surface area (Å²) in [5, 5.41) is 20.9. The lowest BCUT2D eigenvalue weighted by Gasteiger charge is -2.15. The van der Waals surface area contributed by atoms with Gasteiger partial charge < -0.3 is 25.2 Å². The van der Waals surface area contributed by atoms with Gasteiger partial charge in [0.2, 0.25) is 11.7 Å². The minimum Gasteiger partial charge on any atom is -0.492 e. The van der Waals surface area contributed by atoms with E-state index in [4.69, 9.17) is 9.26 Å². The summed E-state index contributed by atoms with van der Waals surface area (Å²) < 4.78 is 10.6. The molecule has 1 amide bonds. The number of ether oxygens (including phenoxy) is 1. The van der Waals surface area contributed by atoms with Gasteiger partial charge in [-0.15, -0.1) is 10.2 Å². The molecule has 4 aromatic rings. The SMILES string of the molecule is CNC(=O)c1nnc(Nc2cc(C)ccn2)cc1Nc1nccc(-c2noc(C)n2)c1OC. The van der Waals surface area contributed by atoms with Gasteiger partial charge in [0.25, 0.3) is 5.91 Å². The van der Waals surface area contributed by atoms with Crippen molar-refractivity contribution in [1.82, 2.24) is 35.6 Å². The van der Waals surface area contributed by atoms with Crippen LogP contribution >= 0.6 is 0 Å². The van der Waals surface area contributed by atoms with Crippen LogP contribution in [0.1, 0.15) is 21.9 Å². The van der Waals surface area contributed by atoms with Gasteiger partial charge in [0.15, 0.2) is 23.1 Å². The highest BCUT2D eigenvalue weighted by molar-refractivity contribution is 5.98. The number of hydrogen-bond acceptors (Lipinski definition) is 11. The molecule has 0 bridgehead atoms. The largest absolute Gasteiger partial charge is 0.492 e. The number of rotatable bonds is 7. The molecular formula is C21H21N9O3. The van der Waals surface area contributed by atoms with Crippen LogP contribution in [0.3, 0.4) is 0 Å². The van der Waals surface area contributed by atoms with Crippen molar-refractivity contribution in [1.29, 1.82) is 0 Å². The number of carbonyl (C=O) groups is 1. The van der Waals surface area contributed by atoms with Crippen LogP contribution in [0.25, 0.3) is 11.4 Å². The van der Waals surface area contributed by atoms with E-state index in [1.54, 1.807) is 31.5 Å². The maximum Gasteiger partial charge on any atom is 0.273 e. The van der Waals surface area contributed by atoms with Crippen molar-refractivity contribution >= 4 is 29.0 Å². The van der Waals surface area contributed by atoms with Crippen molar-refractivity contribution in [3.63, 3.8) is 0 Å². The Morgan fingerprint density at radius 3 is 2.55 bits per heavy atom. The second-order valence-electron chi connectivity index (χ2n) is 6.92. The van der Waals surface area contributed by atoms with E-state index < -0.39 is 5.91 Å². The Hall–Kier alpha value is -4.61. The Balaban J connectivity index is 1.73. The topological polar surface area (TPSA) is 153 Å². The van der Waals surface area contributed by atoms with Gasteiger partial charge in [-0.25, -0.2) is 9.97 Å². The van der Waals surface area contributed by atoms with Crippen LogP contribution < -0.4 is 20.7 Å². The van der Waals surface area contributed by atoms with Gasteiger partial charge in [0.1, 0.15) is 5.82 Å². The molecule has 0 aromatic carbocycles. The molecule has 0 atom stereocenters. The molecule has 3 N–H and O–H groups in total. The van der Waals surface area contributed by atoms with Crippen molar-refractivity contribution in [2.45, 2.75) is 13.8 Å². The van der Waals surface area contributed by atoms with E-state index in [1.807, 2.05) is 19.1 Å². The number of aryl methyl sites for hydroxylation is 2. The minimum atomic E-state index is -0.422. The second kappa shape index (κ2) is 9.26. The number of nitrogens with zero attached hydrogens (tertiary/aromatic N) is 6. The van der Waals surface area contributed by atoms with Gasteiger partial charge in [-0.3, -0.25) is 4.79 Å². The van der Waals surface area contributed by atoms with E-state index in [-0.39, 0.29) is 5.69 Å². The third-order valence-electron chi connectivity index (χ3n) is 4.54. The number of anilines is 4. The molecule has 4 rings (SSSR count). The number of aromatic nitrogens is 6. The van der Waals surface area contributed by atoms with Crippen molar-refractivity contribution in [2.75, 3.05) is 24.8 Å². The number of pyridine rings is 2. The fourth-order valence-corrected chi connectivity index (χ4v) is 3.03. The van der Waals surface area contributed by atoms with Gasteiger partial charge in [-0.1, -0.05) is 5.16 Å². The third-order valence-corrected chi connectivity index (χ3v) is 4.54. The first-order valence-electron chi connectivity index (χ1n) is 9.88. The van der Waals surface area contributed by atoms with Crippen LogP contribution in [0.4, 0.5) is 23.1 Å². The summed E-state index contributed by atoms with van der Waals surface area (Å²) >= 11 is 0. The normalized spacial score (nSPS) is 10.5. The molecule has 0 aliphatic heterocycles. The lowest BCUT2D eigenvalue weighted by Crippen LogP contribution is -2.21. The Kier molecular flexibility index (Phi) is 6.06. The molecule has 0 saturated heterocycles. The first kappa shape index (κ1) is 21.6. The zero-order valence-corrected chi connectivity index (χ0v) is 18.4. The van der Waals surface area contributed by atoms with Gasteiger partial charge in [0, 0.05) is 32.4 Å². The van der Waals surface area contributed by atoms with Crippen molar-refractivity contribution in [3.8, 4) is 17.1 Å². The van der Waals surface area contributed by atoms with E-state index in [2.05, 4.69) is 46.3 Å². The summed E-state index contributed by atoms with van der Waals surface area (Å²) in [6.07, 6.45) is 3.25. The van der Waals surface area contributed by atoms with Crippen LogP contribution in [0.15, 0.2) is 41.2 Å². The molecule has 12 heteroatoms. The van der Waals surface area contributed by atoms with Crippen LogP contribution in [0.2, 0.25) is 0 Å². The number of nitrogens with one attached hydrogen (secondary N) is 3. The Morgan fingerprint density at radius 2 is 1.85 bits per heavy atom. The summed E-state index contributed by atoms with van der Waals surface area (Å²) in [6, 6.07) is 7.08. The minimum absolute atomic E-state index is 0.0740. The van der Waals surface area contributed by atoms with Crippen molar-refractivity contribution in [2.24, 2.45) is 0 Å². The molecule has 0 unspecified atom stereocenters. The number of amides is 1. The van der Waals surface area contributed by atoms with Crippen LogP contribution in [0, 0.1) is 13.8 Å². The Bertz CT molecular complexity index is 1310. The maximum atomic E-state index is 12.4. The van der Waals surface area contributed by atoms with Gasteiger partial charge in [-0.05, 0) is 30.7 Å². The predicted octanol–water partition coefficient (Wildman–Crippen LogP) is 2.79. The lowest BCUT2D eigenvalue weighted by molar-refractivity contribution is 0.0958. The highest BCUT2D eigenvalue weighted by Crippen LogP contribution is 2.35. The van der Waals surface area contributed by atoms with E-state index >= 15 is 0 Å². The van der Waals surface area contributed by atoms with Gasteiger partial charge >= 0.3 is 0 Å². The first-order chi connectivity index (χ1) is 16.0. The standard InChI is InChI=1S/C21H21N9O3/c1-11-5-7-23-15(9-11)27-16-10-14(17(29-28-16)21(31)22-3)26-20-18(32-4)13(6-8-24-20)19-25-12(2)33-30-19/h5-10H,1-4H3,(H,22,31)(H2,23,24,26,27,28). The smallest absolute Gasteiger partial charge is 0.273 e. The molecule has 33 heavy (non-hydrogen) atoms. The number of methoxy groups -OCH3 is 1. The average Bonchev–Trinajstić information content (AvgIpc) is 3.25. The lowest BCUT2D eigenvalue weighted by atomic mass is 10.2. The summed E-state index contributed by atoms with van der Waals surface area (Å²) in [4.78, 5) is 25.3. The van der Waals surface area contributed by atoms with E-state index in [1.165, 1.54) is 14.2 Å². The Morgan fingerprint density at radius 1 is 1.03 bits per heavy atom. The van der Waals surface area contributed by atoms with E-state index in [0.717, 1.165) is 5.56 Å². The predicted molar refractivity (Wildman–Crippen MR) is 120 cm³/mol. The number of hydrogen-bond donors (Lipinski definition) is 3. The quantitative estimate of drug-likeness (QED) is 0.383. The Labute approximate surface area is 188 Å². The molecule has 168 valence electrons. The maximum absolute atomic E-state index is 12.4. The molecule has 0 radical (unpaired) electrons. The molecular weight excluding hydrogens is 426 g/mol. The van der Waals surface area contributed by atoms with Crippen LogP contribution in [0.5, 0.6) is 5.75 Å². The van der Waals surface area contributed by atoms with Crippen LogP contribution in [-0.4, -0.2) is 50.4 Å². The second-order valence-corrected chi connectivity index (χ2v) is 6.92. The van der Waals surface area contributed by atoms with E-state index in [0.29, 0.717) is 46.2 Å². The molecule has 0 aliphatic carbocycles. The molecule has 4 heterocycles. The third kappa shape index (κ3) is 4.69. The molecule has 0 fully saturated rings. The summed E-state index contributed by atoms with van der Waals surface area (Å²) in [5.41, 5.74) is 2.03. The first-order valence-corrected chi connectivity index (χ1v) is 9.88. The summed E-state index contributed by atoms with van der Waals surface area (Å²) in [7, 11) is 3.01. The fourth-order valence-electron chi connectivity index (χ4n) is 3.03. The van der Waals surface area contributed by atoms with Gasteiger partial charge in [0.05, 0.1) is 18.4 Å². The monoisotopic (exact) mass is 447 g/mol. The average molecular weight is 447 g/mol. The van der Waals surface area contributed by atoms with E-state index in [9.17, 15) is 4.79 Å². The molecule has 12 nitrogen and oxygen atoms in total. The zero-order valence-electron chi connectivity index (χ0n) is 18.4. The molecule has 0 saturated carbocycles. The van der Waals surface area contributed by atoms with Gasteiger partial charge in [-0.2, -0.15) is 4.98 Å². The van der Waals surface area contributed by atoms with Crippen LogP contribution in [-0.2, 0) is 0 Å². The summed E-state index contributed by atoms with van der Waals surface area (Å²) in [6.45, 7) is 3.65. The van der Waals surface area contributed by atoms with Crippen molar-refractivity contribution < 1.29 is 14.1 Å². The zero-order chi connectivity index (χ0) is 23.4. The fraction of sp³-hybridized carbons (Fsp3) is 0.190. The highest BCUT2D eigenvalue weighted by atomic mass is 16.5. The molecule has 4 aromatic heterocycles. The molecule has 0 aliphatic rings. The highest BCUT2D eigenvalue weighted by Gasteiger charge is 2.20.